The molecule has 1 aromatic carbocycles. The summed E-state index contributed by atoms with van der Waals surface area (Å²) in [5, 5.41) is 9.27. The van der Waals surface area contributed by atoms with E-state index in [1.165, 1.54) is 11.6 Å². The highest BCUT2D eigenvalue weighted by molar-refractivity contribution is 6.04. The maximum atomic E-state index is 14.5. The van der Waals surface area contributed by atoms with Crippen molar-refractivity contribution in [1.82, 2.24) is 15.6 Å². The molecule has 0 unspecified atom stereocenters. The van der Waals surface area contributed by atoms with Gasteiger partial charge in [-0.1, -0.05) is 18.2 Å². The summed E-state index contributed by atoms with van der Waals surface area (Å²) >= 11 is 0. The highest BCUT2D eigenvalue weighted by Gasteiger charge is 2.14. The zero-order valence-corrected chi connectivity index (χ0v) is 15.6. The molecule has 2 aliphatic heterocycles. The quantitative estimate of drug-likeness (QED) is 0.764. The number of hydrogen-bond donors (Lipinski definition) is 3. The summed E-state index contributed by atoms with van der Waals surface area (Å²) in [6.07, 6.45) is 7.49. The molecule has 1 amide bonds. The molecule has 0 radical (unpaired) electrons. The van der Waals surface area contributed by atoms with Gasteiger partial charge in [-0.15, -0.1) is 0 Å². The largest absolute Gasteiger partial charge is 0.321 e. The van der Waals surface area contributed by atoms with Crippen molar-refractivity contribution in [3.05, 3.63) is 71.3 Å². The van der Waals surface area contributed by atoms with Crippen LogP contribution in [0.15, 0.2) is 48.7 Å². The van der Waals surface area contributed by atoms with Crippen LogP contribution in [0, 0.1) is 5.82 Å². The molecule has 3 N–H and O–H groups in total. The molecule has 144 valence electrons. The third-order valence-electron chi connectivity index (χ3n) is 5.06. The number of pyridine rings is 1. The van der Waals surface area contributed by atoms with E-state index in [0.29, 0.717) is 16.8 Å². The number of rotatable bonds is 4. The average molecular weight is 378 g/mol. The monoisotopic (exact) mass is 378 g/mol. The molecule has 0 atom stereocenters. The summed E-state index contributed by atoms with van der Waals surface area (Å²) in [5.74, 6) is -0.715. The number of carbonyl (C=O) groups excluding carboxylic acids is 1. The normalized spacial score (nSPS) is 16.9. The summed E-state index contributed by atoms with van der Waals surface area (Å²) in [5.41, 5.74) is 4.57. The van der Waals surface area contributed by atoms with Crippen molar-refractivity contribution >= 4 is 22.7 Å². The molecule has 2 aromatic rings. The Hall–Kier alpha value is -2.83. The van der Waals surface area contributed by atoms with E-state index < -0.39 is 0 Å². The minimum Gasteiger partial charge on any atom is -0.321 e. The molecule has 3 heterocycles. The van der Waals surface area contributed by atoms with Crippen molar-refractivity contribution in [1.29, 1.82) is 0 Å². The van der Waals surface area contributed by atoms with E-state index in [2.05, 4.69) is 27.0 Å². The first-order valence-corrected chi connectivity index (χ1v) is 9.58. The third kappa shape index (κ3) is 4.18. The number of amides is 1. The summed E-state index contributed by atoms with van der Waals surface area (Å²) in [6.45, 7) is 3.38. The maximum Gasteiger partial charge on any atom is 0.255 e. The third-order valence-corrected chi connectivity index (χ3v) is 5.06. The Kier molecular flexibility index (Phi) is 5.60. The number of benzene rings is 1. The Morgan fingerprint density at radius 2 is 1.75 bits per heavy atom. The van der Waals surface area contributed by atoms with E-state index in [-0.39, 0.29) is 11.7 Å². The molecule has 28 heavy (non-hydrogen) atoms. The molecular formula is C22H23FN4O. The van der Waals surface area contributed by atoms with Gasteiger partial charge in [0.1, 0.15) is 5.82 Å². The Morgan fingerprint density at radius 1 is 1.00 bits per heavy atom. The first-order valence-electron chi connectivity index (χ1n) is 9.58. The van der Waals surface area contributed by atoms with Crippen LogP contribution in [0.25, 0.3) is 11.1 Å². The summed E-state index contributed by atoms with van der Waals surface area (Å²) in [4.78, 5) is 16.9. The lowest BCUT2D eigenvalue weighted by atomic mass is 9.98. The van der Waals surface area contributed by atoms with Gasteiger partial charge in [0.05, 0.1) is 17.6 Å². The lowest BCUT2D eigenvalue weighted by molar-refractivity contribution is 0.102. The fourth-order valence-electron chi connectivity index (χ4n) is 3.50. The zero-order chi connectivity index (χ0) is 19.3. The molecule has 0 saturated heterocycles. The molecular weight excluding hydrogens is 355 g/mol. The summed E-state index contributed by atoms with van der Waals surface area (Å²) in [6, 6.07) is 8.38. The second-order valence-corrected chi connectivity index (χ2v) is 6.95. The predicted octanol–water partition coefficient (Wildman–Crippen LogP) is 3.23. The van der Waals surface area contributed by atoms with Crippen LogP contribution in [0.1, 0.15) is 34.5 Å². The van der Waals surface area contributed by atoms with Crippen LogP contribution in [-0.4, -0.2) is 37.1 Å². The number of hydrogen-bond acceptors (Lipinski definition) is 4. The van der Waals surface area contributed by atoms with Gasteiger partial charge in [0.25, 0.3) is 5.91 Å². The van der Waals surface area contributed by atoms with Gasteiger partial charge < -0.3 is 16.0 Å². The van der Waals surface area contributed by atoms with Gasteiger partial charge in [0, 0.05) is 24.2 Å². The van der Waals surface area contributed by atoms with Gasteiger partial charge in [-0.05, 0) is 61.3 Å². The van der Waals surface area contributed by atoms with Gasteiger partial charge in [-0.2, -0.15) is 0 Å². The topological polar surface area (TPSA) is 66.0 Å². The van der Waals surface area contributed by atoms with Gasteiger partial charge in [-0.25, -0.2) is 4.39 Å². The number of nitrogens with zero attached hydrogens (tertiary/aromatic N) is 1. The standard InChI is InChI=1S/C22H23FN4O/c23-20-13-17(1-3-19(20)15-5-9-24-10-6-15)22(28)27-18-2-4-21(26-14-18)16-7-11-25-12-8-16/h1-5,7,13-14,24-25H,6,8-12H2,(H,27,28). The van der Waals surface area contributed by atoms with Crippen LogP contribution in [0.5, 0.6) is 0 Å². The minimum atomic E-state index is -0.368. The second-order valence-electron chi connectivity index (χ2n) is 6.95. The van der Waals surface area contributed by atoms with Gasteiger partial charge in [-0.3, -0.25) is 9.78 Å². The van der Waals surface area contributed by atoms with Crippen LogP contribution in [0.4, 0.5) is 10.1 Å². The molecule has 0 aliphatic carbocycles. The van der Waals surface area contributed by atoms with Crippen molar-refractivity contribution in [2.75, 3.05) is 31.5 Å². The minimum absolute atomic E-state index is 0.293. The van der Waals surface area contributed by atoms with Crippen molar-refractivity contribution in [3.8, 4) is 0 Å². The Balaban J connectivity index is 1.45. The Labute approximate surface area is 163 Å². The average Bonchev–Trinajstić information content (AvgIpc) is 2.75. The van der Waals surface area contributed by atoms with E-state index in [9.17, 15) is 9.18 Å². The van der Waals surface area contributed by atoms with E-state index in [4.69, 9.17) is 0 Å². The van der Waals surface area contributed by atoms with Crippen LogP contribution in [-0.2, 0) is 0 Å². The molecule has 6 heteroatoms. The lowest BCUT2D eigenvalue weighted by Gasteiger charge is -2.15. The first kappa shape index (κ1) is 18.5. The van der Waals surface area contributed by atoms with E-state index >= 15 is 0 Å². The number of halogens is 1. The summed E-state index contributed by atoms with van der Waals surface area (Å²) < 4.78 is 14.5. The molecule has 0 bridgehead atoms. The molecule has 0 saturated carbocycles. The van der Waals surface area contributed by atoms with Crippen molar-refractivity contribution in [3.63, 3.8) is 0 Å². The molecule has 0 spiro atoms. The van der Waals surface area contributed by atoms with Crippen molar-refractivity contribution in [2.24, 2.45) is 0 Å². The number of nitrogens with one attached hydrogen (secondary N) is 3. The van der Waals surface area contributed by atoms with Crippen LogP contribution in [0.2, 0.25) is 0 Å². The number of carbonyl (C=O) groups is 1. The molecule has 2 aliphatic rings. The number of aromatic nitrogens is 1. The highest BCUT2D eigenvalue weighted by atomic mass is 19.1. The van der Waals surface area contributed by atoms with E-state index in [1.54, 1.807) is 18.3 Å². The lowest BCUT2D eigenvalue weighted by Crippen LogP contribution is -2.20. The fourth-order valence-corrected chi connectivity index (χ4v) is 3.50. The van der Waals surface area contributed by atoms with Crippen LogP contribution < -0.4 is 16.0 Å². The van der Waals surface area contributed by atoms with E-state index in [0.717, 1.165) is 50.3 Å². The van der Waals surface area contributed by atoms with Crippen LogP contribution >= 0.6 is 0 Å². The predicted molar refractivity (Wildman–Crippen MR) is 110 cm³/mol. The molecule has 4 rings (SSSR count). The summed E-state index contributed by atoms with van der Waals surface area (Å²) in [7, 11) is 0. The smallest absolute Gasteiger partial charge is 0.255 e. The number of anilines is 1. The van der Waals surface area contributed by atoms with Crippen molar-refractivity contribution in [2.45, 2.75) is 12.8 Å². The Morgan fingerprint density at radius 3 is 2.36 bits per heavy atom. The van der Waals surface area contributed by atoms with Crippen molar-refractivity contribution < 1.29 is 9.18 Å². The maximum absolute atomic E-state index is 14.5. The molecule has 5 nitrogen and oxygen atoms in total. The second kappa shape index (κ2) is 8.46. The molecule has 0 fully saturated rings. The van der Waals surface area contributed by atoms with Gasteiger partial charge >= 0.3 is 0 Å². The SMILES string of the molecule is O=C(Nc1ccc(C2=CCNCC2)nc1)c1ccc(C2=CCNCC2)c(F)c1. The van der Waals surface area contributed by atoms with Crippen LogP contribution in [0.3, 0.4) is 0 Å². The fraction of sp³-hybridized carbons (Fsp3) is 0.273. The molecule has 1 aromatic heterocycles. The Bertz CT molecular complexity index is 934. The zero-order valence-electron chi connectivity index (χ0n) is 15.6. The highest BCUT2D eigenvalue weighted by Crippen LogP contribution is 2.24. The van der Waals surface area contributed by atoms with E-state index in [1.807, 2.05) is 18.2 Å². The van der Waals surface area contributed by atoms with Gasteiger partial charge in [0.15, 0.2) is 0 Å². The first-order chi connectivity index (χ1) is 13.7. The van der Waals surface area contributed by atoms with Gasteiger partial charge in [0.2, 0.25) is 0 Å².